The number of amides is 1. The van der Waals surface area contributed by atoms with Crippen LogP contribution in [-0.4, -0.2) is 79.5 Å². The van der Waals surface area contributed by atoms with Crippen LogP contribution >= 0.6 is 0 Å². The maximum absolute atomic E-state index is 12.0. The quantitative estimate of drug-likeness (QED) is 0.212. The molecule has 1 amide bonds. The van der Waals surface area contributed by atoms with Gasteiger partial charge in [-0.2, -0.15) is 15.0 Å². The second-order valence-electron chi connectivity index (χ2n) is 8.98. The van der Waals surface area contributed by atoms with E-state index in [2.05, 4.69) is 36.2 Å². The third-order valence-electron chi connectivity index (χ3n) is 5.97. The number of ether oxygens (including phenoxy) is 2. The minimum atomic E-state index is -0.103. The summed E-state index contributed by atoms with van der Waals surface area (Å²) in [6.07, 6.45) is 8.65. The predicted molar refractivity (Wildman–Crippen MR) is 146 cm³/mol. The van der Waals surface area contributed by atoms with Crippen LogP contribution in [0.15, 0.2) is 30.3 Å². The van der Waals surface area contributed by atoms with Crippen molar-refractivity contribution in [2.24, 2.45) is 5.73 Å². The van der Waals surface area contributed by atoms with Crippen molar-refractivity contribution in [1.29, 1.82) is 0 Å². The predicted octanol–water partition coefficient (Wildman–Crippen LogP) is 2.64. The summed E-state index contributed by atoms with van der Waals surface area (Å²) < 4.78 is 11.2. The lowest BCUT2D eigenvalue weighted by Gasteiger charge is -2.21. The second kappa shape index (κ2) is 17.4. The first-order valence-electron chi connectivity index (χ1n) is 13.4. The van der Waals surface area contributed by atoms with E-state index >= 15 is 0 Å². The van der Waals surface area contributed by atoms with Gasteiger partial charge in [-0.15, -0.1) is 0 Å². The molecular formula is C26H42N8O3. The standard InChI is InChI=1S/C26H42N8O3/c27-13-14-29-24-32-25(34-26(33-24)31-22-11-7-2-1-3-8-12-22)30-16-18-37-20-19-36-17-15-28-23(35)21-9-5-4-6-10-21/h4-6,9-10,22H,1-3,7-8,11-20,27H2,(H,28,35)(H3,29,30,31,32,33,34). The molecule has 1 aliphatic carbocycles. The van der Waals surface area contributed by atoms with Gasteiger partial charge in [-0.25, -0.2) is 0 Å². The van der Waals surface area contributed by atoms with Crippen molar-refractivity contribution in [3.05, 3.63) is 35.9 Å². The third-order valence-corrected chi connectivity index (χ3v) is 5.97. The molecule has 204 valence electrons. The van der Waals surface area contributed by atoms with Gasteiger partial charge in [0.25, 0.3) is 5.91 Å². The first kappa shape index (κ1) is 28.5. The number of carbonyl (C=O) groups excluding carboxylic acids is 1. The Hall–Kier alpha value is -3.02. The van der Waals surface area contributed by atoms with Gasteiger partial charge in [0.1, 0.15) is 0 Å². The highest BCUT2D eigenvalue weighted by molar-refractivity contribution is 5.94. The topological polar surface area (TPSA) is 148 Å². The monoisotopic (exact) mass is 514 g/mol. The number of benzene rings is 1. The molecule has 3 rings (SSSR count). The average Bonchev–Trinajstić information content (AvgIpc) is 2.90. The second-order valence-corrected chi connectivity index (χ2v) is 8.98. The molecule has 11 nitrogen and oxygen atoms in total. The molecule has 0 aliphatic heterocycles. The highest BCUT2D eigenvalue weighted by atomic mass is 16.5. The van der Waals surface area contributed by atoms with Gasteiger partial charge in [0.15, 0.2) is 0 Å². The van der Waals surface area contributed by atoms with Crippen LogP contribution in [0.2, 0.25) is 0 Å². The SMILES string of the molecule is NCCNc1nc(NCCOCCOCCNC(=O)c2ccccc2)nc(NC2CCCCCCC2)n1. The van der Waals surface area contributed by atoms with E-state index in [9.17, 15) is 4.79 Å². The number of nitrogens with one attached hydrogen (secondary N) is 4. The largest absolute Gasteiger partial charge is 0.377 e. The number of hydrogen-bond donors (Lipinski definition) is 5. The lowest BCUT2D eigenvalue weighted by Crippen LogP contribution is -2.27. The van der Waals surface area contributed by atoms with Crippen LogP contribution < -0.4 is 27.0 Å². The Morgan fingerprint density at radius 2 is 1.38 bits per heavy atom. The van der Waals surface area contributed by atoms with Crippen molar-refractivity contribution in [1.82, 2.24) is 20.3 Å². The molecule has 6 N–H and O–H groups in total. The number of nitrogens with two attached hydrogens (primary N) is 1. The molecule has 1 aliphatic rings. The van der Waals surface area contributed by atoms with Crippen molar-refractivity contribution < 1.29 is 14.3 Å². The fourth-order valence-electron chi connectivity index (χ4n) is 4.05. The summed E-state index contributed by atoms with van der Waals surface area (Å²) >= 11 is 0. The minimum absolute atomic E-state index is 0.103. The Morgan fingerprint density at radius 3 is 2.05 bits per heavy atom. The Kier molecular flexibility index (Phi) is 13.5. The van der Waals surface area contributed by atoms with Gasteiger partial charge in [-0.05, 0) is 25.0 Å². The Balaban J connectivity index is 1.31. The highest BCUT2D eigenvalue weighted by Crippen LogP contribution is 2.20. The average molecular weight is 515 g/mol. The van der Waals surface area contributed by atoms with Crippen molar-refractivity contribution in [2.45, 2.75) is 51.0 Å². The molecule has 2 aromatic rings. The van der Waals surface area contributed by atoms with Gasteiger partial charge in [-0.1, -0.05) is 50.3 Å². The summed E-state index contributed by atoms with van der Waals surface area (Å²) in [7, 11) is 0. The molecular weight excluding hydrogens is 472 g/mol. The number of hydrogen-bond acceptors (Lipinski definition) is 10. The molecule has 11 heteroatoms. The first-order valence-corrected chi connectivity index (χ1v) is 13.4. The molecule has 37 heavy (non-hydrogen) atoms. The summed E-state index contributed by atoms with van der Waals surface area (Å²) in [5, 5.41) is 12.7. The molecule has 0 spiro atoms. The first-order chi connectivity index (χ1) is 18.2. The summed E-state index contributed by atoms with van der Waals surface area (Å²) in [5.74, 6) is 1.48. The molecule has 0 saturated heterocycles. The zero-order chi connectivity index (χ0) is 26.0. The lowest BCUT2D eigenvalue weighted by atomic mass is 9.97. The number of nitrogens with zero attached hydrogens (tertiary/aromatic N) is 3. The molecule has 1 fully saturated rings. The maximum Gasteiger partial charge on any atom is 0.251 e. The number of rotatable bonds is 16. The van der Waals surface area contributed by atoms with Crippen LogP contribution in [0.25, 0.3) is 0 Å². The smallest absolute Gasteiger partial charge is 0.251 e. The zero-order valence-electron chi connectivity index (χ0n) is 21.7. The minimum Gasteiger partial charge on any atom is -0.377 e. The van der Waals surface area contributed by atoms with Crippen LogP contribution in [0.3, 0.4) is 0 Å². The summed E-state index contributed by atoms with van der Waals surface area (Å²) in [4.78, 5) is 25.5. The van der Waals surface area contributed by atoms with Crippen molar-refractivity contribution in [2.75, 3.05) is 68.6 Å². The van der Waals surface area contributed by atoms with Crippen molar-refractivity contribution in [3.63, 3.8) is 0 Å². The van der Waals surface area contributed by atoms with Gasteiger partial charge in [0.05, 0.1) is 26.4 Å². The summed E-state index contributed by atoms with van der Waals surface area (Å²) in [5.41, 5.74) is 6.27. The fourth-order valence-corrected chi connectivity index (χ4v) is 4.05. The molecule has 0 atom stereocenters. The van der Waals surface area contributed by atoms with Gasteiger partial charge >= 0.3 is 0 Å². The van der Waals surface area contributed by atoms with Crippen LogP contribution in [0.5, 0.6) is 0 Å². The zero-order valence-corrected chi connectivity index (χ0v) is 21.7. The fraction of sp³-hybridized carbons (Fsp3) is 0.615. The van der Waals surface area contributed by atoms with Crippen LogP contribution in [0.1, 0.15) is 55.3 Å². The molecule has 0 radical (unpaired) electrons. The van der Waals surface area contributed by atoms with E-state index in [4.69, 9.17) is 15.2 Å². The number of anilines is 3. The molecule has 0 bridgehead atoms. The Morgan fingerprint density at radius 1 is 0.784 bits per heavy atom. The number of aromatic nitrogens is 3. The summed E-state index contributed by atoms with van der Waals surface area (Å²) in [6, 6.07) is 9.50. The lowest BCUT2D eigenvalue weighted by molar-refractivity contribution is 0.0519. The van der Waals surface area contributed by atoms with Crippen molar-refractivity contribution >= 4 is 23.8 Å². The summed E-state index contributed by atoms with van der Waals surface area (Å²) in [6.45, 7) is 3.92. The molecule has 1 saturated carbocycles. The van der Waals surface area contributed by atoms with E-state index in [0.29, 0.717) is 82.1 Å². The van der Waals surface area contributed by atoms with E-state index < -0.39 is 0 Å². The number of carbonyl (C=O) groups is 1. The van der Waals surface area contributed by atoms with Gasteiger partial charge in [-0.3, -0.25) is 4.79 Å². The van der Waals surface area contributed by atoms with Gasteiger partial charge in [0, 0.05) is 37.8 Å². The molecule has 0 unspecified atom stereocenters. The highest BCUT2D eigenvalue weighted by Gasteiger charge is 2.14. The Bertz CT molecular complexity index is 895. The van der Waals surface area contributed by atoms with Crippen LogP contribution in [0.4, 0.5) is 17.8 Å². The third kappa shape index (κ3) is 11.7. The van der Waals surface area contributed by atoms with E-state index in [0.717, 1.165) is 12.8 Å². The van der Waals surface area contributed by atoms with Gasteiger partial charge < -0.3 is 36.5 Å². The van der Waals surface area contributed by atoms with E-state index in [1.807, 2.05) is 18.2 Å². The van der Waals surface area contributed by atoms with Gasteiger partial charge in [0.2, 0.25) is 17.8 Å². The Labute approximate surface area is 219 Å². The molecule has 1 aromatic heterocycles. The van der Waals surface area contributed by atoms with E-state index in [1.165, 1.54) is 32.1 Å². The van der Waals surface area contributed by atoms with E-state index in [-0.39, 0.29) is 5.91 Å². The van der Waals surface area contributed by atoms with Crippen molar-refractivity contribution in [3.8, 4) is 0 Å². The molecule has 1 aromatic carbocycles. The van der Waals surface area contributed by atoms with Crippen LogP contribution in [0, 0.1) is 0 Å². The van der Waals surface area contributed by atoms with E-state index in [1.54, 1.807) is 12.1 Å². The molecule has 1 heterocycles. The van der Waals surface area contributed by atoms with Crippen LogP contribution in [-0.2, 0) is 9.47 Å². The normalized spacial score (nSPS) is 14.4. The maximum atomic E-state index is 12.0.